The summed E-state index contributed by atoms with van der Waals surface area (Å²) in [6.07, 6.45) is 2.11. The highest BCUT2D eigenvalue weighted by Crippen LogP contribution is 2.27. The van der Waals surface area contributed by atoms with Crippen molar-refractivity contribution in [3.05, 3.63) is 11.6 Å². The van der Waals surface area contributed by atoms with Gasteiger partial charge >= 0.3 is 5.97 Å². The first-order chi connectivity index (χ1) is 4.88. The fraction of sp³-hybridized carbons (Fsp3) is 0.667. The molecule has 64 valence electrons. The van der Waals surface area contributed by atoms with Gasteiger partial charge in [-0.2, -0.15) is 0 Å². The van der Waals surface area contributed by atoms with Gasteiger partial charge in [0.1, 0.15) is 0 Å². The van der Waals surface area contributed by atoms with Crippen molar-refractivity contribution in [3.63, 3.8) is 0 Å². The van der Waals surface area contributed by atoms with Crippen molar-refractivity contribution in [2.24, 2.45) is 5.41 Å². The molecule has 0 saturated heterocycles. The predicted octanol–water partition coefficient (Wildman–Crippen LogP) is 2.45. The highest BCUT2D eigenvalue weighted by atomic mass is 16.4. The number of allylic oxidation sites excluding steroid dienone is 1. The van der Waals surface area contributed by atoms with Crippen molar-refractivity contribution >= 4 is 5.97 Å². The fourth-order valence-corrected chi connectivity index (χ4v) is 0.998. The number of rotatable bonds is 2. The van der Waals surface area contributed by atoms with Gasteiger partial charge in [-0.25, -0.2) is 4.79 Å². The Morgan fingerprint density at radius 1 is 1.45 bits per heavy atom. The Labute approximate surface area is 67.9 Å². The summed E-state index contributed by atoms with van der Waals surface area (Å²) < 4.78 is 0. The molecule has 0 spiro atoms. The molecule has 0 aliphatic carbocycles. The quantitative estimate of drug-likeness (QED) is 0.623. The molecule has 0 rings (SSSR count). The molecule has 1 N–H and O–H groups in total. The van der Waals surface area contributed by atoms with E-state index in [0.717, 1.165) is 12.0 Å². The molecule has 0 atom stereocenters. The van der Waals surface area contributed by atoms with Gasteiger partial charge in [0, 0.05) is 6.08 Å². The van der Waals surface area contributed by atoms with E-state index in [4.69, 9.17) is 5.11 Å². The van der Waals surface area contributed by atoms with Gasteiger partial charge in [0.15, 0.2) is 0 Å². The zero-order valence-electron chi connectivity index (χ0n) is 7.64. The summed E-state index contributed by atoms with van der Waals surface area (Å²) in [7, 11) is 0. The molecule has 2 nitrogen and oxygen atoms in total. The summed E-state index contributed by atoms with van der Waals surface area (Å²) >= 11 is 0. The Balaban J connectivity index is 4.54. The van der Waals surface area contributed by atoms with Crippen LogP contribution in [0.5, 0.6) is 0 Å². The third kappa shape index (κ3) is 3.81. The Morgan fingerprint density at radius 3 is 2.00 bits per heavy atom. The van der Waals surface area contributed by atoms with Crippen LogP contribution in [0.25, 0.3) is 0 Å². The lowest BCUT2D eigenvalue weighted by molar-refractivity contribution is -0.131. The Hall–Kier alpha value is -0.790. The molecule has 0 aliphatic rings. The summed E-state index contributed by atoms with van der Waals surface area (Å²) in [5, 5.41) is 8.50. The van der Waals surface area contributed by atoms with Crippen LogP contribution in [0.3, 0.4) is 0 Å². The third-order valence-corrected chi connectivity index (χ3v) is 1.64. The zero-order chi connectivity index (χ0) is 9.07. The number of aliphatic carboxylic acids is 1. The van der Waals surface area contributed by atoms with Crippen LogP contribution in [0.2, 0.25) is 0 Å². The molecule has 0 aromatic carbocycles. The van der Waals surface area contributed by atoms with Gasteiger partial charge in [0.25, 0.3) is 0 Å². The van der Waals surface area contributed by atoms with E-state index in [1.165, 1.54) is 6.08 Å². The molecule has 0 saturated carbocycles. The van der Waals surface area contributed by atoms with E-state index < -0.39 is 5.97 Å². The standard InChI is InChI=1S/C9H16O2/c1-5-7(6-8(10)11)9(2,3)4/h6H,5H2,1-4H3,(H,10,11)/b7-6+. The first-order valence-corrected chi connectivity index (χ1v) is 3.82. The molecule has 0 aliphatic heterocycles. The molecular formula is C9H16O2. The first-order valence-electron chi connectivity index (χ1n) is 3.82. The summed E-state index contributed by atoms with van der Waals surface area (Å²) in [5.74, 6) is -0.850. The Bertz CT molecular complexity index is 172. The maximum absolute atomic E-state index is 10.3. The predicted molar refractivity (Wildman–Crippen MR) is 45.5 cm³/mol. The Morgan fingerprint density at radius 2 is 1.91 bits per heavy atom. The average molecular weight is 156 g/mol. The van der Waals surface area contributed by atoms with Crippen molar-refractivity contribution in [2.75, 3.05) is 0 Å². The van der Waals surface area contributed by atoms with Crippen LogP contribution < -0.4 is 0 Å². The minimum Gasteiger partial charge on any atom is -0.478 e. The van der Waals surface area contributed by atoms with Crippen molar-refractivity contribution in [1.29, 1.82) is 0 Å². The molecule has 0 aromatic heterocycles. The maximum atomic E-state index is 10.3. The molecule has 0 heterocycles. The van der Waals surface area contributed by atoms with Crippen LogP contribution in [-0.4, -0.2) is 11.1 Å². The SMILES string of the molecule is CC/C(=C\C(=O)O)C(C)(C)C. The van der Waals surface area contributed by atoms with Crippen LogP contribution in [0.15, 0.2) is 11.6 Å². The normalized spacial score (nSPS) is 13.3. The summed E-state index contributed by atoms with van der Waals surface area (Å²) in [4.78, 5) is 10.3. The largest absolute Gasteiger partial charge is 0.478 e. The van der Waals surface area contributed by atoms with Crippen LogP contribution in [0.4, 0.5) is 0 Å². The van der Waals surface area contributed by atoms with E-state index in [2.05, 4.69) is 0 Å². The van der Waals surface area contributed by atoms with Crippen LogP contribution in [0, 0.1) is 5.41 Å². The first kappa shape index (κ1) is 10.2. The van der Waals surface area contributed by atoms with E-state index >= 15 is 0 Å². The molecule has 11 heavy (non-hydrogen) atoms. The smallest absolute Gasteiger partial charge is 0.328 e. The second-order valence-electron chi connectivity index (χ2n) is 3.61. The topological polar surface area (TPSA) is 37.3 Å². The number of carboxylic acids is 1. The monoisotopic (exact) mass is 156 g/mol. The number of carboxylic acid groups (broad SMARTS) is 1. The molecule has 2 heteroatoms. The number of hydrogen-bond acceptors (Lipinski definition) is 1. The molecule has 0 unspecified atom stereocenters. The van der Waals surface area contributed by atoms with E-state index in [9.17, 15) is 4.79 Å². The molecule has 0 fully saturated rings. The van der Waals surface area contributed by atoms with Gasteiger partial charge in [0.2, 0.25) is 0 Å². The van der Waals surface area contributed by atoms with Crippen molar-refractivity contribution in [3.8, 4) is 0 Å². The van der Waals surface area contributed by atoms with Crippen molar-refractivity contribution in [2.45, 2.75) is 34.1 Å². The average Bonchev–Trinajstić information content (AvgIpc) is 1.79. The zero-order valence-corrected chi connectivity index (χ0v) is 7.64. The lowest BCUT2D eigenvalue weighted by atomic mass is 9.85. The molecule has 0 aromatic rings. The summed E-state index contributed by atoms with van der Waals surface area (Å²) in [6.45, 7) is 8.03. The highest BCUT2D eigenvalue weighted by Gasteiger charge is 2.15. The summed E-state index contributed by atoms with van der Waals surface area (Å²) in [5.41, 5.74) is 0.956. The Kier molecular flexibility index (Phi) is 3.30. The van der Waals surface area contributed by atoms with Gasteiger partial charge < -0.3 is 5.11 Å². The van der Waals surface area contributed by atoms with E-state index in [1.807, 2.05) is 27.7 Å². The van der Waals surface area contributed by atoms with Gasteiger partial charge in [0.05, 0.1) is 0 Å². The second kappa shape index (κ2) is 3.56. The van der Waals surface area contributed by atoms with E-state index in [0.29, 0.717) is 0 Å². The van der Waals surface area contributed by atoms with Crippen molar-refractivity contribution in [1.82, 2.24) is 0 Å². The van der Waals surface area contributed by atoms with E-state index in [-0.39, 0.29) is 5.41 Å². The number of hydrogen-bond donors (Lipinski definition) is 1. The minimum absolute atomic E-state index is 0.0207. The lowest BCUT2D eigenvalue weighted by Crippen LogP contribution is -2.10. The van der Waals surface area contributed by atoms with Crippen LogP contribution in [0.1, 0.15) is 34.1 Å². The van der Waals surface area contributed by atoms with Crippen molar-refractivity contribution < 1.29 is 9.90 Å². The van der Waals surface area contributed by atoms with Gasteiger partial charge in [-0.1, -0.05) is 33.3 Å². The van der Waals surface area contributed by atoms with Crippen LogP contribution in [-0.2, 0) is 4.79 Å². The molecule has 0 bridgehead atoms. The molecular weight excluding hydrogens is 140 g/mol. The van der Waals surface area contributed by atoms with Gasteiger partial charge in [-0.05, 0) is 11.8 Å². The molecule has 0 radical (unpaired) electrons. The highest BCUT2D eigenvalue weighted by molar-refractivity contribution is 5.80. The maximum Gasteiger partial charge on any atom is 0.328 e. The summed E-state index contributed by atoms with van der Waals surface area (Å²) in [6, 6.07) is 0. The second-order valence-corrected chi connectivity index (χ2v) is 3.61. The molecule has 0 amide bonds. The lowest BCUT2D eigenvalue weighted by Gasteiger charge is -2.21. The van der Waals surface area contributed by atoms with E-state index in [1.54, 1.807) is 0 Å². The van der Waals surface area contributed by atoms with Gasteiger partial charge in [-0.3, -0.25) is 0 Å². The number of carbonyl (C=O) groups is 1. The van der Waals surface area contributed by atoms with Gasteiger partial charge in [-0.15, -0.1) is 0 Å². The minimum atomic E-state index is -0.850. The van der Waals surface area contributed by atoms with Crippen LogP contribution >= 0.6 is 0 Å². The third-order valence-electron chi connectivity index (χ3n) is 1.64. The fourth-order valence-electron chi connectivity index (χ4n) is 0.998.